The molecule has 17 heavy (non-hydrogen) atoms. The molecule has 0 bridgehead atoms. The Hall–Kier alpha value is -1.09. The Balaban J connectivity index is 1.73. The molecule has 3 heteroatoms. The first kappa shape index (κ1) is 12.4. The molecule has 1 aliphatic rings. The predicted octanol–water partition coefficient (Wildman–Crippen LogP) is 2.02. The van der Waals surface area contributed by atoms with Gasteiger partial charge in [0.25, 0.3) is 5.56 Å². The van der Waals surface area contributed by atoms with Gasteiger partial charge in [0.15, 0.2) is 0 Å². The van der Waals surface area contributed by atoms with Gasteiger partial charge in [-0.05, 0) is 37.7 Å². The molecular weight excluding hydrogens is 212 g/mol. The molecule has 1 heterocycles. The van der Waals surface area contributed by atoms with Gasteiger partial charge < -0.3 is 9.88 Å². The van der Waals surface area contributed by atoms with Crippen LogP contribution in [-0.2, 0) is 6.54 Å². The van der Waals surface area contributed by atoms with E-state index in [0.717, 1.165) is 19.0 Å². The summed E-state index contributed by atoms with van der Waals surface area (Å²) in [5, 5.41) is 3.56. The van der Waals surface area contributed by atoms with Gasteiger partial charge >= 0.3 is 0 Å². The van der Waals surface area contributed by atoms with Crippen LogP contribution in [0.5, 0.6) is 0 Å². The molecule has 0 aliphatic heterocycles. The minimum absolute atomic E-state index is 0.0894. The normalized spacial score (nSPS) is 24.8. The van der Waals surface area contributed by atoms with E-state index in [2.05, 4.69) is 12.2 Å². The predicted molar refractivity (Wildman–Crippen MR) is 70.1 cm³/mol. The van der Waals surface area contributed by atoms with Crippen molar-refractivity contribution >= 4 is 0 Å². The van der Waals surface area contributed by atoms with Crippen LogP contribution >= 0.6 is 0 Å². The summed E-state index contributed by atoms with van der Waals surface area (Å²) in [4.78, 5) is 11.5. The van der Waals surface area contributed by atoms with Gasteiger partial charge in [0, 0.05) is 31.4 Å². The second-order valence-corrected chi connectivity index (χ2v) is 5.14. The molecule has 2 rings (SSSR count). The van der Waals surface area contributed by atoms with Gasteiger partial charge in [-0.1, -0.05) is 13.0 Å². The van der Waals surface area contributed by atoms with E-state index in [9.17, 15) is 4.79 Å². The van der Waals surface area contributed by atoms with Crippen molar-refractivity contribution in [1.29, 1.82) is 0 Å². The van der Waals surface area contributed by atoms with Crippen LogP contribution in [-0.4, -0.2) is 17.2 Å². The highest BCUT2D eigenvalue weighted by Crippen LogP contribution is 2.23. The van der Waals surface area contributed by atoms with Crippen LogP contribution in [0, 0.1) is 5.92 Å². The van der Waals surface area contributed by atoms with Crippen LogP contribution in [0.25, 0.3) is 0 Å². The lowest BCUT2D eigenvalue weighted by Gasteiger charge is -2.27. The third-order valence-corrected chi connectivity index (χ3v) is 3.70. The number of nitrogens with one attached hydrogen (secondary N) is 1. The Labute approximate surface area is 103 Å². The molecule has 1 aromatic heterocycles. The van der Waals surface area contributed by atoms with Crippen molar-refractivity contribution in [3.8, 4) is 0 Å². The van der Waals surface area contributed by atoms with E-state index in [4.69, 9.17) is 0 Å². The summed E-state index contributed by atoms with van der Waals surface area (Å²) in [5.41, 5.74) is 0.0894. The summed E-state index contributed by atoms with van der Waals surface area (Å²) in [6, 6.07) is 5.96. The highest BCUT2D eigenvalue weighted by Gasteiger charge is 2.16. The van der Waals surface area contributed by atoms with Crippen molar-refractivity contribution in [3.05, 3.63) is 34.7 Å². The molecular formula is C14H22N2O. The van der Waals surface area contributed by atoms with Crippen molar-refractivity contribution in [1.82, 2.24) is 9.88 Å². The van der Waals surface area contributed by atoms with Crippen molar-refractivity contribution in [3.63, 3.8) is 0 Å². The Kier molecular flexibility index (Phi) is 4.37. The first-order valence-corrected chi connectivity index (χ1v) is 6.64. The molecule has 0 amide bonds. The summed E-state index contributed by atoms with van der Waals surface area (Å²) in [6.45, 7) is 3.99. The molecule has 1 saturated carbocycles. The smallest absolute Gasteiger partial charge is 0.250 e. The summed E-state index contributed by atoms with van der Waals surface area (Å²) < 4.78 is 1.76. The fraction of sp³-hybridized carbons (Fsp3) is 0.643. The van der Waals surface area contributed by atoms with Crippen LogP contribution in [0.2, 0.25) is 0 Å². The van der Waals surface area contributed by atoms with E-state index < -0.39 is 0 Å². The maximum Gasteiger partial charge on any atom is 0.250 e. The van der Waals surface area contributed by atoms with Gasteiger partial charge in [-0.15, -0.1) is 0 Å². The highest BCUT2D eigenvalue weighted by molar-refractivity contribution is 4.93. The maximum atomic E-state index is 11.5. The van der Waals surface area contributed by atoms with Crippen molar-refractivity contribution in [2.75, 3.05) is 6.54 Å². The number of rotatable bonds is 4. The molecule has 3 nitrogen and oxygen atoms in total. The number of hydrogen-bond acceptors (Lipinski definition) is 2. The Morgan fingerprint density at radius 3 is 2.76 bits per heavy atom. The van der Waals surface area contributed by atoms with E-state index in [1.54, 1.807) is 16.7 Å². The fourth-order valence-corrected chi connectivity index (χ4v) is 2.50. The second-order valence-electron chi connectivity index (χ2n) is 5.14. The first-order valence-electron chi connectivity index (χ1n) is 6.64. The topological polar surface area (TPSA) is 34.0 Å². The highest BCUT2D eigenvalue weighted by atomic mass is 16.1. The summed E-state index contributed by atoms with van der Waals surface area (Å²) in [7, 11) is 0. The number of hydrogen-bond donors (Lipinski definition) is 1. The monoisotopic (exact) mass is 234 g/mol. The molecule has 0 radical (unpaired) electrons. The summed E-state index contributed by atoms with van der Waals surface area (Å²) in [5.74, 6) is 0.893. The van der Waals surface area contributed by atoms with E-state index in [-0.39, 0.29) is 5.56 Å². The molecule has 1 fully saturated rings. The van der Waals surface area contributed by atoms with Gasteiger partial charge in [0.1, 0.15) is 0 Å². The van der Waals surface area contributed by atoms with Crippen LogP contribution < -0.4 is 10.9 Å². The molecule has 94 valence electrons. The zero-order valence-corrected chi connectivity index (χ0v) is 10.6. The van der Waals surface area contributed by atoms with Gasteiger partial charge in [0.05, 0.1) is 0 Å². The molecule has 0 aromatic carbocycles. The molecule has 0 saturated heterocycles. The number of pyridine rings is 1. The average molecular weight is 234 g/mol. The largest absolute Gasteiger partial charge is 0.314 e. The van der Waals surface area contributed by atoms with Crippen LogP contribution in [0.4, 0.5) is 0 Å². The first-order chi connectivity index (χ1) is 8.25. The molecule has 0 atom stereocenters. The van der Waals surface area contributed by atoms with Gasteiger partial charge in [-0.3, -0.25) is 4.79 Å². The van der Waals surface area contributed by atoms with Crippen molar-refractivity contribution in [2.45, 2.75) is 45.2 Å². The van der Waals surface area contributed by atoms with Crippen molar-refractivity contribution < 1.29 is 0 Å². The van der Waals surface area contributed by atoms with Crippen LogP contribution in [0.3, 0.4) is 0 Å². The van der Waals surface area contributed by atoms with Gasteiger partial charge in [-0.25, -0.2) is 0 Å². The lowest BCUT2D eigenvalue weighted by atomic mass is 9.87. The SMILES string of the molecule is CC1CCC(NCCn2ccccc2=O)CC1. The molecule has 1 aromatic rings. The van der Waals surface area contributed by atoms with Crippen LogP contribution in [0.1, 0.15) is 32.6 Å². The van der Waals surface area contributed by atoms with Crippen LogP contribution in [0.15, 0.2) is 29.2 Å². The lowest BCUT2D eigenvalue weighted by Crippen LogP contribution is -2.36. The second kappa shape index (κ2) is 6.01. The molecule has 1 aliphatic carbocycles. The number of nitrogens with zero attached hydrogens (tertiary/aromatic N) is 1. The summed E-state index contributed by atoms with van der Waals surface area (Å²) in [6.07, 6.45) is 7.09. The molecule has 0 spiro atoms. The van der Waals surface area contributed by atoms with E-state index in [0.29, 0.717) is 6.04 Å². The minimum Gasteiger partial charge on any atom is -0.314 e. The Morgan fingerprint density at radius 1 is 1.29 bits per heavy atom. The minimum atomic E-state index is 0.0894. The zero-order chi connectivity index (χ0) is 12.1. The standard InChI is InChI=1S/C14H22N2O/c1-12-5-7-13(8-6-12)15-9-11-16-10-3-2-4-14(16)17/h2-4,10,12-13,15H,5-9,11H2,1H3. The molecule has 0 unspecified atom stereocenters. The fourth-order valence-electron chi connectivity index (χ4n) is 2.50. The zero-order valence-electron chi connectivity index (χ0n) is 10.6. The number of aromatic nitrogens is 1. The Morgan fingerprint density at radius 2 is 2.06 bits per heavy atom. The van der Waals surface area contributed by atoms with Gasteiger partial charge in [-0.2, -0.15) is 0 Å². The van der Waals surface area contributed by atoms with Gasteiger partial charge in [0.2, 0.25) is 0 Å². The quantitative estimate of drug-likeness (QED) is 0.864. The summed E-state index contributed by atoms with van der Waals surface area (Å²) >= 11 is 0. The van der Waals surface area contributed by atoms with E-state index >= 15 is 0 Å². The molecule has 1 N–H and O–H groups in total. The van der Waals surface area contributed by atoms with Crippen molar-refractivity contribution in [2.24, 2.45) is 5.92 Å². The van der Waals surface area contributed by atoms with E-state index in [1.807, 2.05) is 12.3 Å². The third-order valence-electron chi connectivity index (χ3n) is 3.70. The average Bonchev–Trinajstić information content (AvgIpc) is 2.34. The third kappa shape index (κ3) is 3.70. The van der Waals surface area contributed by atoms with E-state index in [1.165, 1.54) is 25.7 Å². The maximum absolute atomic E-state index is 11.5. The Bertz CT molecular complexity index is 391. The lowest BCUT2D eigenvalue weighted by molar-refractivity contribution is 0.305.